The summed E-state index contributed by atoms with van der Waals surface area (Å²) in [5, 5.41) is 30.8. The fourth-order valence-corrected chi connectivity index (χ4v) is 3.52. The Labute approximate surface area is 178 Å². The van der Waals surface area contributed by atoms with Gasteiger partial charge < -0.3 is 25.0 Å². The number of rotatable bonds is 7. The number of nitriles is 1. The van der Waals surface area contributed by atoms with E-state index in [9.17, 15) is 19.6 Å². The summed E-state index contributed by atoms with van der Waals surface area (Å²) < 4.78 is 5.32. The highest BCUT2D eigenvalue weighted by atomic mass is 16.5. The van der Waals surface area contributed by atoms with E-state index in [0.717, 1.165) is 30.4 Å². The first-order valence-corrected chi connectivity index (χ1v) is 10.4. The largest absolute Gasteiger partial charge is 0.475 e. The van der Waals surface area contributed by atoms with Gasteiger partial charge in [0.15, 0.2) is 0 Å². The SMILES string of the molecule is Cc1ccc(C[C@H](NC(=O)OC[C@H]2CCCCCN2C(=O)C(C)C#N)B(O)O)cc1. The van der Waals surface area contributed by atoms with Crippen LogP contribution in [-0.2, 0) is 16.0 Å². The van der Waals surface area contributed by atoms with Gasteiger partial charge in [0, 0.05) is 6.54 Å². The van der Waals surface area contributed by atoms with Gasteiger partial charge in [-0.3, -0.25) is 4.79 Å². The minimum atomic E-state index is -1.74. The van der Waals surface area contributed by atoms with Gasteiger partial charge in [-0.25, -0.2) is 4.79 Å². The summed E-state index contributed by atoms with van der Waals surface area (Å²) in [6, 6.07) is 9.22. The van der Waals surface area contributed by atoms with Crippen LogP contribution in [0.2, 0.25) is 0 Å². The van der Waals surface area contributed by atoms with Gasteiger partial charge in [-0.15, -0.1) is 0 Å². The Morgan fingerprint density at radius 3 is 2.63 bits per heavy atom. The number of nitrogens with one attached hydrogen (secondary N) is 1. The Morgan fingerprint density at radius 1 is 1.30 bits per heavy atom. The lowest BCUT2D eigenvalue weighted by Gasteiger charge is -2.30. The lowest BCUT2D eigenvalue weighted by Crippen LogP contribution is -2.49. The molecule has 0 bridgehead atoms. The first-order chi connectivity index (χ1) is 14.3. The van der Waals surface area contributed by atoms with Gasteiger partial charge in [0.1, 0.15) is 12.5 Å². The molecular formula is C21H30BN3O5. The lowest BCUT2D eigenvalue weighted by molar-refractivity contribution is -0.136. The van der Waals surface area contributed by atoms with E-state index >= 15 is 0 Å². The topological polar surface area (TPSA) is 123 Å². The molecule has 1 aliphatic rings. The Morgan fingerprint density at radius 2 is 2.00 bits per heavy atom. The smallest absolute Gasteiger partial charge is 0.447 e. The molecule has 2 rings (SSSR count). The molecule has 3 atom stereocenters. The van der Waals surface area contributed by atoms with Crippen molar-refractivity contribution in [2.45, 2.75) is 57.9 Å². The molecule has 0 saturated carbocycles. The third kappa shape index (κ3) is 7.04. The number of carbonyl (C=O) groups excluding carboxylic acids is 2. The van der Waals surface area contributed by atoms with Crippen LogP contribution >= 0.6 is 0 Å². The van der Waals surface area contributed by atoms with Crippen LogP contribution in [0.1, 0.15) is 43.7 Å². The number of ether oxygens (including phenoxy) is 1. The summed E-state index contributed by atoms with van der Waals surface area (Å²) in [7, 11) is -1.74. The fraction of sp³-hybridized carbons (Fsp3) is 0.571. The average Bonchev–Trinajstić information content (AvgIpc) is 2.97. The van der Waals surface area contributed by atoms with Crippen molar-refractivity contribution < 1.29 is 24.4 Å². The zero-order valence-electron chi connectivity index (χ0n) is 17.6. The van der Waals surface area contributed by atoms with Crippen molar-refractivity contribution in [2.24, 2.45) is 5.92 Å². The van der Waals surface area contributed by atoms with Crippen LogP contribution in [0.4, 0.5) is 4.79 Å². The molecule has 8 nitrogen and oxygen atoms in total. The highest BCUT2D eigenvalue weighted by molar-refractivity contribution is 6.43. The summed E-state index contributed by atoms with van der Waals surface area (Å²) in [6.07, 6.45) is 2.88. The highest BCUT2D eigenvalue weighted by Gasteiger charge is 2.31. The monoisotopic (exact) mass is 415 g/mol. The van der Waals surface area contributed by atoms with E-state index < -0.39 is 25.1 Å². The summed E-state index contributed by atoms with van der Waals surface area (Å²) >= 11 is 0. The second-order valence-electron chi connectivity index (χ2n) is 7.84. The van der Waals surface area contributed by atoms with Crippen molar-refractivity contribution in [3.05, 3.63) is 35.4 Å². The van der Waals surface area contributed by atoms with Crippen molar-refractivity contribution >= 4 is 19.1 Å². The van der Waals surface area contributed by atoms with E-state index in [1.807, 2.05) is 37.3 Å². The number of benzene rings is 1. The Kier molecular flexibility index (Phi) is 9.15. The average molecular weight is 415 g/mol. The number of hydrogen-bond donors (Lipinski definition) is 3. The standard InChI is InChI=1S/C21H30BN3O5/c1-15-7-9-17(10-8-15)12-19(22(28)29)24-21(27)30-14-18-6-4-3-5-11-25(18)20(26)16(2)13-23/h7-10,16,18-19,28-29H,3-6,11-12,14H2,1-2H3,(H,24,27)/t16?,18-,19+/m1/s1. The van der Waals surface area contributed by atoms with Crippen LogP contribution in [0.3, 0.4) is 0 Å². The van der Waals surface area contributed by atoms with Crippen LogP contribution in [0.5, 0.6) is 0 Å². The van der Waals surface area contributed by atoms with Crippen LogP contribution < -0.4 is 5.32 Å². The molecule has 0 aromatic heterocycles. The molecular weight excluding hydrogens is 385 g/mol. The molecule has 1 heterocycles. The van der Waals surface area contributed by atoms with Gasteiger partial charge in [0.05, 0.1) is 18.1 Å². The molecule has 9 heteroatoms. The van der Waals surface area contributed by atoms with Crippen molar-refractivity contribution in [1.29, 1.82) is 5.26 Å². The van der Waals surface area contributed by atoms with E-state index in [2.05, 4.69) is 5.32 Å². The van der Waals surface area contributed by atoms with Gasteiger partial charge in [-0.1, -0.05) is 42.7 Å². The molecule has 1 aromatic carbocycles. The second-order valence-corrected chi connectivity index (χ2v) is 7.84. The van der Waals surface area contributed by atoms with Gasteiger partial charge in [0.2, 0.25) is 5.91 Å². The van der Waals surface area contributed by atoms with E-state index in [4.69, 9.17) is 10.00 Å². The van der Waals surface area contributed by atoms with Crippen LogP contribution in [0.15, 0.2) is 24.3 Å². The van der Waals surface area contributed by atoms with Crippen LogP contribution in [0.25, 0.3) is 0 Å². The van der Waals surface area contributed by atoms with Crippen molar-refractivity contribution in [3.8, 4) is 6.07 Å². The molecule has 1 aromatic rings. The van der Waals surface area contributed by atoms with Crippen LogP contribution in [0, 0.1) is 24.2 Å². The summed E-state index contributed by atoms with van der Waals surface area (Å²) in [6.45, 7) is 4.05. The van der Waals surface area contributed by atoms with Gasteiger partial charge in [-0.05, 0) is 38.7 Å². The third-order valence-electron chi connectivity index (χ3n) is 5.37. The molecule has 0 spiro atoms. The first kappa shape index (κ1) is 23.7. The highest BCUT2D eigenvalue weighted by Crippen LogP contribution is 2.19. The minimum Gasteiger partial charge on any atom is -0.447 e. The Bertz CT molecular complexity index is 750. The van der Waals surface area contributed by atoms with Gasteiger partial charge in [-0.2, -0.15) is 5.26 Å². The third-order valence-corrected chi connectivity index (χ3v) is 5.37. The number of alkyl carbamates (subject to hydrolysis) is 1. The number of hydrogen-bond acceptors (Lipinski definition) is 6. The van der Waals surface area contributed by atoms with E-state index in [1.54, 1.807) is 11.8 Å². The molecule has 2 amide bonds. The number of aryl methyl sites for hydroxylation is 1. The number of likely N-dealkylation sites (tertiary alicyclic amines) is 1. The van der Waals surface area contributed by atoms with Crippen LogP contribution in [-0.4, -0.2) is 59.2 Å². The predicted molar refractivity (Wildman–Crippen MR) is 112 cm³/mol. The maximum absolute atomic E-state index is 12.5. The number of amides is 2. The maximum atomic E-state index is 12.5. The van der Waals surface area contributed by atoms with Gasteiger partial charge in [0.25, 0.3) is 0 Å². The second kappa shape index (κ2) is 11.6. The first-order valence-electron chi connectivity index (χ1n) is 10.4. The van der Waals surface area contributed by atoms with Crippen molar-refractivity contribution in [2.75, 3.05) is 13.2 Å². The normalized spacial score (nSPS) is 18.5. The molecule has 162 valence electrons. The quantitative estimate of drug-likeness (QED) is 0.581. The minimum absolute atomic E-state index is 0.00546. The van der Waals surface area contributed by atoms with E-state index in [-0.39, 0.29) is 25.0 Å². The predicted octanol–water partition coefficient (Wildman–Crippen LogP) is 1.58. The maximum Gasteiger partial charge on any atom is 0.475 e. The zero-order chi connectivity index (χ0) is 22.1. The number of nitrogens with zero attached hydrogens (tertiary/aromatic N) is 2. The molecule has 30 heavy (non-hydrogen) atoms. The van der Waals surface area contributed by atoms with Gasteiger partial charge >= 0.3 is 13.2 Å². The molecule has 1 aliphatic heterocycles. The summed E-state index contributed by atoms with van der Waals surface area (Å²) in [5.74, 6) is -1.93. The molecule has 1 unspecified atom stereocenters. The van der Waals surface area contributed by atoms with E-state index in [1.165, 1.54) is 0 Å². The Balaban J connectivity index is 1.94. The molecule has 1 fully saturated rings. The number of carbonyl (C=O) groups is 2. The zero-order valence-corrected chi connectivity index (χ0v) is 17.6. The molecule has 3 N–H and O–H groups in total. The lowest BCUT2D eigenvalue weighted by atomic mass is 9.76. The van der Waals surface area contributed by atoms with E-state index in [0.29, 0.717) is 13.0 Å². The summed E-state index contributed by atoms with van der Waals surface area (Å²) in [5.41, 5.74) is 1.94. The summed E-state index contributed by atoms with van der Waals surface area (Å²) in [4.78, 5) is 26.4. The fourth-order valence-electron chi connectivity index (χ4n) is 3.52. The molecule has 0 radical (unpaired) electrons. The Hall–Kier alpha value is -2.57. The van der Waals surface area contributed by atoms with Crippen molar-refractivity contribution in [1.82, 2.24) is 10.2 Å². The molecule has 1 saturated heterocycles. The van der Waals surface area contributed by atoms with Crippen molar-refractivity contribution in [3.63, 3.8) is 0 Å². The molecule has 0 aliphatic carbocycles.